The van der Waals surface area contributed by atoms with Crippen LogP contribution < -0.4 is 9.47 Å². The maximum atomic E-state index is 9.76. The van der Waals surface area contributed by atoms with Gasteiger partial charge in [0.15, 0.2) is 6.61 Å². The topological polar surface area (TPSA) is 83.3 Å². The highest BCUT2D eigenvalue weighted by Gasteiger charge is 2.18. The molecule has 0 amide bonds. The molecule has 0 aliphatic carbocycles. The van der Waals surface area contributed by atoms with E-state index in [4.69, 9.17) is 14.7 Å². The Morgan fingerprint density at radius 3 is 2.75 bits per heavy atom. The molecule has 28 heavy (non-hydrogen) atoms. The standard InChI is InChI=1S/C22H16N4O2/c23-7-11-27-17-12-20-22(18(14-24)19-5-1-2-9-26(19)20)21(13-17)28-10-6-16-4-3-8-25-15-16/h1-5,8-9,12-13,15H,6,10-11H2. The summed E-state index contributed by atoms with van der Waals surface area (Å²) in [5.41, 5.74) is 3.23. The minimum Gasteiger partial charge on any atom is -0.492 e. The van der Waals surface area contributed by atoms with E-state index in [-0.39, 0.29) is 6.61 Å². The molecule has 0 spiro atoms. The van der Waals surface area contributed by atoms with E-state index in [0.29, 0.717) is 30.1 Å². The Bertz CT molecular complexity index is 1220. The van der Waals surface area contributed by atoms with Gasteiger partial charge in [0, 0.05) is 37.1 Å². The van der Waals surface area contributed by atoms with Crippen molar-refractivity contribution >= 4 is 16.4 Å². The van der Waals surface area contributed by atoms with Gasteiger partial charge in [-0.15, -0.1) is 0 Å². The van der Waals surface area contributed by atoms with Crippen LogP contribution in [-0.4, -0.2) is 22.6 Å². The number of nitrogens with zero attached hydrogens (tertiary/aromatic N) is 4. The predicted molar refractivity (Wildman–Crippen MR) is 104 cm³/mol. The normalized spacial score (nSPS) is 10.5. The second kappa shape index (κ2) is 7.69. The van der Waals surface area contributed by atoms with Gasteiger partial charge < -0.3 is 13.9 Å². The van der Waals surface area contributed by atoms with Crippen molar-refractivity contribution in [3.63, 3.8) is 0 Å². The molecule has 136 valence electrons. The summed E-state index contributed by atoms with van der Waals surface area (Å²) in [5.74, 6) is 1.09. The number of benzene rings is 1. The summed E-state index contributed by atoms with van der Waals surface area (Å²) in [7, 11) is 0. The van der Waals surface area contributed by atoms with Crippen molar-refractivity contribution in [2.45, 2.75) is 6.42 Å². The first-order valence-electron chi connectivity index (χ1n) is 8.80. The van der Waals surface area contributed by atoms with Crippen molar-refractivity contribution in [2.75, 3.05) is 13.2 Å². The Morgan fingerprint density at radius 2 is 1.96 bits per heavy atom. The summed E-state index contributed by atoms with van der Waals surface area (Å²) in [6, 6.07) is 17.4. The summed E-state index contributed by atoms with van der Waals surface area (Å²) in [6.45, 7) is 0.370. The average Bonchev–Trinajstić information content (AvgIpc) is 3.07. The molecule has 0 saturated heterocycles. The highest BCUT2D eigenvalue weighted by molar-refractivity contribution is 6.00. The van der Waals surface area contributed by atoms with Crippen LogP contribution in [0.15, 0.2) is 61.1 Å². The fourth-order valence-corrected chi connectivity index (χ4v) is 3.25. The molecule has 0 aliphatic heterocycles. The lowest BCUT2D eigenvalue weighted by Crippen LogP contribution is -2.03. The molecular weight excluding hydrogens is 352 g/mol. The largest absolute Gasteiger partial charge is 0.492 e. The zero-order valence-electron chi connectivity index (χ0n) is 15.0. The first-order chi connectivity index (χ1) is 13.8. The van der Waals surface area contributed by atoms with Crippen LogP contribution in [0.25, 0.3) is 16.4 Å². The van der Waals surface area contributed by atoms with Gasteiger partial charge in [-0.25, -0.2) is 0 Å². The first kappa shape index (κ1) is 17.4. The summed E-state index contributed by atoms with van der Waals surface area (Å²) in [5, 5.41) is 19.3. The quantitative estimate of drug-likeness (QED) is 0.516. The molecule has 4 aromatic rings. The molecule has 0 N–H and O–H groups in total. The third-order valence-electron chi connectivity index (χ3n) is 4.47. The number of fused-ring (bicyclic) bond motifs is 3. The SMILES string of the molecule is N#CCOc1cc(OCCc2cccnc2)c2c(C#N)c3ccccn3c2c1. The van der Waals surface area contributed by atoms with Crippen LogP contribution in [0, 0.1) is 22.7 Å². The monoisotopic (exact) mass is 368 g/mol. The minimum absolute atomic E-state index is 0.0605. The van der Waals surface area contributed by atoms with E-state index in [0.717, 1.165) is 22.0 Å². The van der Waals surface area contributed by atoms with Gasteiger partial charge in [-0.05, 0) is 23.8 Å². The second-order valence-electron chi connectivity index (χ2n) is 6.16. The number of hydrogen-bond acceptors (Lipinski definition) is 5. The molecule has 0 unspecified atom stereocenters. The van der Waals surface area contributed by atoms with Crippen LogP contribution in [0.3, 0.4) is 0 Å². The predicted octanol–water partition coefficient (Wildman–Crippen LogP) is 3.88. The van der Waals surface area contributed by atoms with Gasteiger partial charge in [-0.3, -0.25) is 4.98 Å². The van der Waals surface area contributed by atoms with Crippen molar-refractivity contribution < 1.29 is 9.47 Å². The molecule has 0 radical (unpaired) electrons. The number of rotatable bonds is 6. The zero-order chi connectivity index (χ0) is 19.3. The fraction of sp³-hybridized carbons (Fsp3) is 0.136. The van der Waals surface area contributed by atoms with Crippen LogP contribution in [0.4, 0.5) is 0 Å². The summed E-state index contributed by atoms with van der Waals surface area (Å²) in [4.78, 5) is 4.11. The van der Waals surface area contributed by atoms with Gasteiger partial charge in [-0.2, -0.15) is 10.5 Å². The van der Waals surface area contributed by atoms with E-state index in [1.54, 1.807) is 18.5 Å². The van der Waals surface area contributed by atoms with E-state index >= 15 is 0 Å². The van der Waals surface area contributed by atoms with Gasteiger partial charge in [0.25, 0.3) is 0 Å². The van der Waals surface area contributed by atoms with Crippen LogP contribution in [-0.2, 0) is 6.42 Å². The van der Waals surface area contributed by atoms with Gasteiger partial charge in [0.1, 0.15) is 23.6 Å². The third-order valence-corrected chi connectivity index (χ3v) is 4.47. The molecule has 4 rings (SSSR count). The van der Waals surface area contributed by atoms with E-state index < -0.39 is 0 Å². The first-order valence-corrected chi connectivity index (χ1v) is 8.80. The summed E-state index contributed by atoms with van der Waals surface area (Å²) in [6.07, 6.45) is 6.12. The van der Waals surface area contributed by atoms with Crippen molar-refractivity contribution in [1.82, 2.24) is 9.38 Å². The van der Waals surface area contributed by atoms with Gasteiger partial charge >= 0.3 is 0 Å². The number of hydrogen-bond donors (Lipinski definition) is 0. The second-order valence-corrected chi connectivity index (χ2v) is 6.16. The van der Waals surface area contributed by atoms with Crippen molar-refractivity contribution in [3.05, 3.63) is 72.2 Å². The molecule has 0 saturated carbocycles. The van der Waals surface area contributed by atoms with E-state index in [1.165, 1.54) is 0 Å². The van der Waals surface area contributed by atoms with E-state index in [2.05, 4.69) is 11.1 Å². The Balaban J connectivity index is 1.78. The van der Waals surface area contributed by atoms with Crippen LogP contribution in [0.5, 0.6) is 11.5 Å². The molecular formula is C22H16N4O2. The van der Waals surface area contributed by atoms with Gasteiger partial charge in [0.05, 0.1) is 28.6 Å². The Labute approximate surface area is 161 Å². The number of aromatic nitrogens is 2. The lowest BCUT2D eigenvalue weighted by Gasteiger charge is -2.11. The van der Waals surface area contributed by atoms with Crippen molar-refractivity contribution in [3.8, 4) is 23.6 Å². The molecule has 0 atom stereocenters. The summed E-state index contributed by atoms with van der Waals surface area (Å²) < 4.78 is 13.5. The maximum Gasteiger partial charge on any atom is 0.174 e. The van der Waals surface area contributed by atoms with Gasteiger partial charge in [-0.1, -0.05) is 12.1 Å². The minimum atomic E-state index is -0.0605. The molecule has 1 aromatic carbocycles. The van der Waals surface area contributed by atoms with Crippen LogP contribution in [0.2, 0.25) is 0 Å². The number of ether oxygens (including phenoxy) is 2. The number of nitriles is 2. The average molecular weight is 368 g/mol. The fourth-order valence-electron chi connectivity index (χ4n) is 3.25. The smallest absolute Gasteiger partial charge is 0.174 e. The number of pyridine rings is 2. The maximum absolute atomic E-state index is 9.76. The molecule has 0 bridgehead atoms. The van der Waals surface area contributed by atoms with E-state index in [9.17, 15) is 5.26 Å². The third kappa shape index (κ3) is 3.20. The Morgan fingerprint density at radius 1 is 1.04 bits per heavy atom. The lowest BCUT2D eigenvalue weighted by atomic mass is 10.1. The van der Waals surface area contributed by atoms with Gasteiger partial charge in [0.2, 0.25) is 0 Å². The van der Waals surface area contributed by atoms with Crippen molar-refractivity contribution in [2.24, 2.45) is 0 Å². The van der Waals surface area contributed by atoms with Crippen LogP contribution in [0.1, 0.15) is 11.1 Å². The van der Waals surface area contributed by atoms with Crippen molar-refractivity contribution in [1.29, 1.82) is 10.5 Å². The summed E-state index contributed by atoms with van der Waals surface area (Å²) >= 11 is 0. The highest BCUT2D eigenvalue weighted by Crippen LogP contribution is 2.37. The molecule has 0 fully saturated rings. The van der Waals surface area contributed by atoms with Crippen LogP contribution >= 0.6 is 0 Å². The Kier molecular flexibility index (Phi) is 4.78. The molecule has 3 heterocycles. The zero-order valence-corrected chi connectivity index (χ0v) is 15.0. The highest BCUT2D eigenvalue weighted by atomic mass is 16.5. The molecule has 6 nitrogen and oxygen atoms in total. The molecule has 0 aliphatic rings. The molecule has 6 heteroatoms. The molecule has 3 aromatic heterocycles. The lowest BCUT2D eigenvalue weighted by molar-refractivity contribution is 0.320. The van der Waals surface area contributed by atoms with E-state index in [1.807, 2.05) is 53.1 Å². The Hall–Kier alpha value is -4.03.